The SMILES string of the molecule is CC(C)NCc1ccc(COc2cc(Br)ccc2F)o1. The standard InChI is InChI=1S/C15H17BrFNO2/c1-10(2)18-8-12-4-5-13(20-12)9-19-15-7-11(16)3-6-14(15)17/h3-7,10,18H,8-9H2,1-2H3. The summed E-state index contributed by atoms with van der Waals surface area (Å²) in [6.45, 7) is 5.02. The maximum atomic E-state index is 13.5. The second kappa shape index (κ2) is 6.90. The van der Waals surface area contributed by atoms with E-state index in [1.54, 1.807) is 12.1 Å². The van der Waals surface area contributed by atoms with E-state index in [4.69, 9.17) is 9.15 Å². The van der Waals surface area contributed by atoms with E-state index >= 15 is 0 Å². The Hall–Kier alpha value is -1.33. The third kappa shape index (κ3) is 4.35. The van der Waals surface area contributed by atoms with Gasteiger partial charge >= 0.3 is 0 Å². The summed E-state index contributed by atoms with van der Waals surface area (Å²) in [5.74, 6) is 1.33. The first-order chi connectivity index (χ1) is 9.54. The Morgan fingerprint density at radius 2 is 2.00 bits per heavy atom. The molecule has 0 bridgehead atoms. The summed E-state index contributed by atoms with van der Waals surface area (Å²) in [5.41, 5.74) is 0. The molecular weight excluding hydrogens is 325 g/mol. The van der Waals surface area contributed by atoms with Crippen molar-refractivity contribution in [3.63, 3.8) is 0 Å². The molecule has 0 aliphatic carbocycles. The van der Waals surface area contributed by atoms with Crippen molar-refractivity contribution >= 4 is 15.9 Å². The predicted octanol–water partition coefficient (Wildman–Crippen LogP) is 4.26. The van der Waals surface area contributed by atoms with Gasteiger partial charge in [0.25, 0.3) is 0 Å². The molecule has 0 saturated heterocycles. The van der Waals surface area contributed by atoms with Gasteiger partial charge in [0.1, 0.15) is 18.1 Å². The van der Waals surface area contributed by atoms with E-state index in [2.05, 4.69) is 35.1 Å². The van der Waals surface area contributed by atoms with Crippen molar-refractivity contribution in [1.82, 2.24) is 5.32 Å². The number of benzene rings is 1. The van der Waals surface area contributed by atoms with Gasteiger partial charge in [-0.3, -0.25) is 0 Å². The normalized spacial score (nSPS) is 11.1. The monoisotopic (exact) mass is 341 g/mol. The van der Waals surface area contributed by atoms with E-state index in [1.807, 2.05) is 12.1 Å². The van der Waals surface area contributed by atoms with Crippen LogP contribution in [0.25, 0.3) is 0 Å². The molecule has 5 heteroatoms. The van der Waals surface area contributed by atoms with E-state index in [9.17, 15) is 4.39 Å². The Kier molecular flexibility index (Phi) is 5.20. The molecular formula is C15H17BrFNO2. The molecule has 0 amide bonds. The molecule has 3 nitrogen and oxygen atoms in total. The second-order valence-electron chi connectivity index (χ2n) is 4.77. The molecule has 0 aliphatic rings. The summed E-state index contributed by atoms with van der Waals surface area (Å²) in [4.78, 5) is 0. The van der Waals surface area contributed by atoms with Gasteiger partial charge in [-0.2, -0.15) is 0 Å². The first kappa shape index (κ1) is 15.1. The first-order valence-electron chi connectivity index (χ1n) is 6.43. The van der Waals surface area contributed by atoms with Gasteiger partial charge in [-0.25, -0.2) is 4.39 Å². The maximum Gasteiger partial charge on any atom is 0.165 e. The number of ether oxygens (including phenoxy) is 1. The van der Waals surface area contributed by atoms with Gasteiger partial charge in [0.2, 0.25) is 0 Å². The molecule has 1 aromatic carbocycles. The molecule has 108 valence electrons. The summed E-state index contributed by atoms with van der Waals surface area (Å²) in [6, 6.07) is 8.72. The Morgan fingerprint density at radius 1 is 1.25 bits per heavy atom. The lowest BCUT2D eigenvalue weighted by Crippen LogP contribution is -2.21. The van der Waals surface area contributed by atoms with Gasteiger partial charge in [0, 0.05) is 10.5 Å². The minimum absolute atomic E-state index is 0.203. The average Bonchev–Trinajstić information content (AvgIpc) is 2.85. The first-order valence-corrected chi connectivity index (χ1v) is 7.22. The second-order valence-corrected chi connectivity index (χ2v) is 5.68. The summed E-state index contributed by atoms with van der Waals surface area (Å²) in [6.07, 6.45) is 0. The quantitative estimate of drug-likeness (QED) is 0.852. The Bertz CT molecular complexity index is 569. The van der Waals surface area contributed by atoms with Crippen molar-refractivity contribution in [2.75, 3.05) is 0 Å². The number of hydrogen-bond donors (Lipinski definition) is 1. The highest BCUT2D eigenvalue weighted by molar-refractivity contribution is 9.10. The molecule has 0 fully saturated rings. The number of nitrogens with one attached hydrogen (secondary N) is 1. The van der Waals surface area contributed by atoms with Gasteiger partial charge in [0.15, 0.2) is 11.6 Å². The topological polar surface area (TPSA) is 34.4 Å². The van der Waals surface area contributed by atoms with Crippen LogP contribution in [-0.4, -0.2) is 6.04 Å². The van der Waals surface area contributed by atoms with E-state index in [-0.39, 0.29) is 18.2 Å². The lowest BCUT2D eigenvalue weighted by molar-refractivity contribution is 0.253. The minimum atomic E-state index is -0.388. The lowest BCUT2D eigenvalue weighted by atomic mass is 10.3. The van der Waals surface area contributed by atoms with Crippen LogP contribution in [0.15, 0.2) is 39.2 Å². The molecule has 0 radical (unpaired) electrons. The molecule has 1 N–H and O–H groups in total. The van der Waals surface area contributed by atoms with E-state index < -0.39 is 0 Å². The fourth-order valence-corrected chi connectivity index (χ4v) is 1.98. The van der Waals surface area contributed by atoms with E-state index in [0.717, 1.165) is 10.2 Å². The maximum absolute atomic E-state index is 13.5. The van der Waals surface area contributed by atoms with Crippen molar-refractivity contribution in [3.8, 4) is 5.75 Å². The number of halogens is 2. The average molecular weight is 342 g/mol. The van der Waals surface area contributed by atoms with E-state index in [1.165, 1.54) is 6.07 Å². The minimum Gasteiger partial charge on any atom is -0.483 e. The zero-order valence-corrected chi connectivity index (χ0v) is 13.0. The zero-order valence-electron chi connectivity index (χ0n) is 11.5. The van der Waals surface area contributed by atoms with Crippen LogP contribution in [-0.2, 0) is 13.2 Å². The summed E-state index contributed by atoms with van der Waals surface area (Å²) in [5, 5.41) is 3.26. The molecule has 0 atom stereocenters. The van der Waals surface area contributed by atoms with Crippen LogP contribution in [0.2, 0.25) is 0 Å². The predicted molar refractivity (Wildman–Crippen MR) is 79.1 cm³/mol. The molecule has 20 heavy (non-hydrogen) atoms. The lowest BCUT2D eigenvalue weighted by Gasteiger charge is -2.07. The number of furan rings is 1. The van der Waals surface area contributed by atoms with Gasteiger partial charge in [-0.05, 0) is 30.3 Å². The molecule has 2 aromatic rings. The van der Waals surface area contributed by atoms with Crippen LogP contribution < -0.4 is 10.1 Å². The third-order valence-corrected chi connectivity index (χ3v) is 3.16. The Morgan fingerprint density at radius 3 is 2.75 bits per heavy atom. The van der Waals surface area contributed by atoms with Crippen molar-refractivity contribution in [3.05, 3.63) is 52.1 Å². The Balaban J connectivity index is 1.92. The van der Waals surface area contributed by atoms with Gasteiger partial charge in [-0.15, -0.1) is 0 Å². The van der Waals surface area contributed by atoms with Crippen molar-refractivity contribution < 1.29 is 13.5 Å². The molecule has 0 spiro atoms. The van der Waals surface area contributed by atoms with Crippen LogP contribution in [0.1, 0.15) is 25.4 Å². The summed E-state index contributed by atoms with van der Waals surface area (Å²) in [7, 11) is 0. The van der Waals surface area contributed by atoms with Gasteiger partial charge in [0.05, 0.1) is 6.54 Å². The van der Waals surface area contributed by atoms with Gasteiger partial charge in [-0.1, -0.05) is 29.8 Å². The fourth-order valence-electron chi connectivity index (χ4n) is 1.64. The summed E-state index contributed by atoms with van der Waals surface area (Å²) >= 11 is 3.28. The fraction of sp³-hybridized carbons (Fsp3) is 0.333. The largest absolute Gasteiger partial charge is 0.483 e. The third-order valence-electron chi connectivity index (χ3n) is 2.67. The van der Waals surface area contributed by atoms with Crippen molar-refractivity contribution in [2.24, 2.45) is 0 Å². The summed E-state index contributed by atoms with van der Waals surface area (Å²) < 4.78 is 25.3. The number of hydrogen-bond acceptors (Lipinski definition) is 3. The molecule has 2 rings (SSSR count). The highest BCUT2D eigenvalue weighted by Gasteiger charge is 2.07. The van der Waals surface area contributed by atoms with Crippen LogP contribution in [0.3, 0.4) is 0 Å². The van der Waals surface area contributed by atoms with Crippen LogP contribution in [0.5, 0.6) is 5.75 Å². The molecule has 0 saturated carbocycles. The molecule has 0 aliphatic heterocycles. The molecule has 0 unspecified atom stereocenters. The highest BCUT2D eigenvalue weighted by atomic mass is 79.9. The Labute approximate surface area is 126 Å². The number of rotatable bonds is 6. The van der Waals surface area contributed by atoms with Crippen molar-refractivity contribution in [1.29, 1.82) is 0 Å². The smallest absolute Gasteiger partial charge is 0.165 e. The van der Waals surface area contributed by atoms with Crippen LogP contribution in [0, 0.1) is 5.82 Å². The highest BCUT2D eigenvalue weighted by Crippen LogP contribution is 2.23. The van der Waals surface area contributed by atoms with E-state index in [0.29, 0.717) is 18.3 Å². The van der Waals surface area contributed by atoms with Gasteiger partial charge < -0.3 is 14.5 Å². The zero-order chi connectivity index (χ0) is 14.5. The molecule has 1 aromatic heterocycles. The van der Waals surface area contributed by atoms with Crippen LogP contribution in [0.4, 0.5) is 4.39 Å². The van der Waals surface area contributed by atoms with Crippen molar-refractivity contribution in [2.45, 2.75) is 33.0 Å². The van der Waals surface area contributed by atoms with Crippen LogP contribution >= 0.6 is 15.9 Å². The molecule has 1 heterocycles.